The Morgan fingerprint density at radius 1 is 1.14 bits per heavy atom. The number of pyridine rings is 1. The summed E-state index contributed by atoms with van der Waals surface area (Å²) in [6, 6.07) is 11.6. The standard InChI is InChI=1S/C27H27FN6O2/c28-17-5-7-33(15-17)19-6-8-34-22(14-29-23(34)9-19)26(36)30-18-12-27(13-18)10-16(11-27)24-20-3-1-2-4-21(20)25(35)32-31-24/h1-4,6,8-9,14,16-18H,5,7,10-13,15H2,(H,30,36)(H,32,35)/t16?,17-,18?,27?/m0/s1. The van der Waals surface area contributed by atoms with Gasteiger partial charge >= 0.3 is 0 Å². The van der Waals surface area contributed by atoms with Crippen LogP contribution in [0.25, 0.3) is 16.4 Å². The second kappa shape index (κ2) is 7.88. The van der Waals surface area contributed by atoms with Gasteiger partial charge in [-0.25, -0.2) is 14.5 Å². The SMILES string of the molecule is O=C(NC1CC2(C1)CC(c1n[nH]c(=O)c3ccccc13)C2)c1cnc2cc(N3CC[C@H](F)C3)ccn12. The van der Waals surface area contributed by atoms with Crippen molar-refractivity contribution in [3.05, 3.63) is 70.5 Å². The fourth-order valence-corrected chi connectivity index (χ4v) is 6.59. The molecule has 1 atom stereocenters. The summed E-state index contributed by atoms with van der Waals surface area (Å²) < 4.78 is 15.4. The molecule has 184 valence electrons. The van der Waals surface area contributed by atoms with Crippen LogP contribution in [-0.4, -0.2) is 50.8 Å². The number of benzene rings is 1. The van der Waals surface area contributed by atoms with Crippen molar-refractivity contribution in [3.8, 4) is 0 Å². The average molecular weight is 487 g/mol. The quantitative estimate of drug-likeness (QED) is 0.460. The number of rotatable bonds is 4. The van der Waals surface area contributed by atoms with Gasteiger partial charge in [-0.2, -0.15) is 5.10 Å². The summed E-state index contributed by atoms with van der Waals surface area (Å²) in [6.45, 7) is 1.10. The van der Waals surface area contributed by atoms with E-state index in [9.17, 15) is 14.0 Å². The fourth-order valence-electron chi connectivity index (χ4n) is 6.59. The molecule has 8 nitrogen and oxygen atoms in total. The van der Waals surface area contributed by atoms with E-state index in [-0.39, 0.29) is 22.9 Å². The van der Waals surface area contributed by atoms with Crippen molar-refractivity contribution in [2.24, 2.45) is 5.41 Å². The van der Waals surface area contributed by atoms with Gasteiger partial charge in [0.1, 0.15) is 17.5 Å². The molecule has 3 aliphatic rings. The number of anilines is 1. The summed E-state index contributed by atoms with van der Waals surface area (Å²) in [5.74, 6) is 0.212. The Morgan fingerprint density at radius 3 is 2.72 bits per heavy atom. The number of nitrogens with one attached hydrogen (secondary N) is 2. The lowest BCUT2D eigenvalue weighted by atomic mass is 9.49. The molecule has 7 rings (SSSR count). The van der Waals surface area contributed by atoms with Crippen LogP contribution in [0.2, 0.25) is 0 Å². The van der Waals surface area contributed by atoms with Crippen LogP contribution in [0.4, 0.5) is 10.1 Å². The fraction of sp³-hybridized carbons (Fsp3) is 0.407. The second-order valence-corrected chi connectivity index (χ2v) is 10.8. The van der Waals surface area contributed by atoms with Crippen LogP contribution in [0.1, 0.15) is 54.2 Å². The predicted octanol–water partition coefficient (Wildman–Crippen LogP) is 3.58. The Labute approximate surface area is 206 Å². The van der Waals surface area contributed by atoms with Gasteiger partial charge in [0.25, 0.3) is 11.5 Å². The number of hydrogen-bond donors (Lipinski definition) is 2. The molecule has 3 aromatic heterocycles. The Kier molecular flexibility index (Phi) is 4.71. The molecule has 1 saturated heterocycles. The van der Waals surface area contributed by atoms with Crippen LogP contribution >= 0.6 is 0 Å². The van der Waals surface area contributed by atoms with E-state index in [4.69, 9.17) is 0 Å². The van der Waals surface area contributed by atoms with E-state index in [0.717, 1.165) is 42.5 Å². The molecule has 4 heterocycles. The molecule has 3 fully saturated rings. The van der Waals surface area contributed by atoms with Crippen molar-refractivity contribution in [1.82, 2.24) is 24.9 Å². The maximum atomic E-state index is 13.6. The topological polar surface area (TPSA) is 95.4 Å². The van der Waals surface area contributed by atoms with E-state index in [1.807, 2.05) is 47.5 Å². The molecule has 2 saturated carbocycles. The highest BCUT2D eigenvalue weighted by molar-refractivity contribution is 5.93. The summed E-state index contributed by atoms with van der Waals surface area (Å²) in [5.41, 5.74) is 3.21. The Hall–Kier alpha value is -3.75. The summed E-state index contributed by atoms with van der Waals surface area (Å²) in [4.78, 5) is 31.5. The zero-order valence-corrected chi connectivity index (χ0v) is 19.8. The average Bonchev–Trinajstić information content (AvgIpc) is 3.46. The molecule has 1 aliphatic heterocycles. The lowest BCUT2D eigenvalue weighted by Crippen LogP contribution is -2.55. The van der Waals surface area contributed by atoms with Crippen molar-refractivity contribution in [2.75, 3.05) is 18.0 Å². The number of halogens is 1. The Morgan fingerprint density at radius 2 is 1.94 bits per heavy atom. The first-order chi connectivity index (χ1) is 17.5. The van der Waals surface area contributed by atoms with Gasteiger partial charge in [0, 0.05) is 48.4 Å². The van der Waals surface area contributed by atoms with Gasteiger partial charge in [-0.05, 0) is 49.7 Å². The van der Waals surface area contributed by atoms with Crippen molar-refractivity contribution < 1.29 is 9.18 Å². The molecule has 0 unspecified atom stereocenters. The van der Waals surface area contributed by atoms with E-state index in [1.165, 1.54) is 0 Å². The summed E-state index contributed by atoms with van der Waals surface area (Å²) in [5, 5.41) is 11.8. The smallest absolute Gasteiger partial charge is 0.272 e. The number of carbonyl (C=O) groups is 1. The molecule has 1 aromatic carbocycles. The van der Waals surface area contributed by atoms with Crippen LogP contribution in [0.3, 0.4) is 0 Å². The molecule has 4 aromatic rings. The van der Waals surface area contributed by atoms with Gasteiger partial charge in [-0.15, -0.1) is 0 Å². The monoisotopic (exact) mass is 486 g/mol. The summed E-state index contributed by atoms with van der Waals surface area (Å²) in [6.07, 6.45) is 7.18. The Balaban J connectivity index is 0.992. The molecule has 1 spiro atoms. The first-order valence-electron chi connectivity index (χ1n) is 12.6. The minimum atomic E-state index is -0.786. The molecule has 0 bridgehead atoms. The minimum Gasteiger partial charge on any atom is -0.368 e. The minimum absolute atomic E-state index is 0.121. The van der Waals surface area contributed by atoms with E-state index < -0.39 is 6.17 Å². The molecule has 2 aliphatic carbocycles. The molecule has 36 heavy (non-hydrogen) atoms. The van der Waals surface area contributed by atoms with Gasteiger partial charge in [0.15, 0.2) is 0 Å². The first kappa shape index (κ1) is 21.5. The van der Waals surface area contributed by atoms with Crippen LogP contribution in [0.5, 0.6) is 0 Å². The number of H-pyrrole nitrogens is 1. The molecular weight excluding hydrogens is 459 g/mol. The van der Waals surface area contributed by atoms with Gasteiger partial charge in [-0.1, -0.05) is 18.2 Å². The van der Waals surface area contributed by atoms with Crippen LogP contribution in [-0.2, 0) is 0 Å². The van der Waals surface area contributed by atoms with Gasteiger partial charge < -0.3 is 10.2 Å². The maximum absolute atomic E-state index is 13.6. The van der Waals surface area contributed by atoms with Crippen LogP contribution < -0.4 is 15.8 Å². The lowest BCUT2D eigenvalue weighted by Gasteiger charge is -2.57. The Bertz CT molecular complexity index is 1550. The highest BCUT2D eigenvalue weighted by atomic mass is 19.1. The predicted molar refractivity (Wildman–Crippen MR) is 134 cm³/mol. The highest BCUT2D eigenvalue weighted by Gasteiger charge is 2.54. The van der Waals surface area contributed by atoms with E-state index in [0.29, 0.717) is 42.2 Å². The van der Waals surface area contributed by atoms with Crippen molar-refractivity contribution >= 4 is 28.0 Å². The lowest BCUT2D eigenvalue weighted by molar-refractivity contribution is -0.0197. The first-order valence-corrected chi connectivity index (χ1v) is 12.6. The summed E-state index contributed by atoms with van der Waals surface area (Å²) in [7, 11) is 0. The molecular formula is C27H27FN6O2. The number of aromatic amines is 1. The van der Waals surface area contributed by atoms with Crippen molar-refractivity contribution in [3.63, 3.8) is 0 Å². The third-order valence-corrected chi connectivity index (χ3v) is 8.39. The van der Waals surface area contributed by atoms with Crippen LogP contribution in [0, 0.1) is 5.41 Å². The van der Waals surface area contributed by atoms with E-state index in [2.05, 4.69) is 20.5 Å². The number of nitrogens with zero attached hydrogens (tertiary/aromatic N) is 4. The number of fused-ring (bicyclic) bond motifs is 2. The molecule has 1 amide bonds. The van der Waals surface area contributed by atoms with E-state index >= 15 is 0 Å². The number of carbonyl (C=O) groups excluding carboxylic acids is 1. The van der Waals surface area contributed by atoms with Crippen molar-refractivity contribution in [1.29, 1.82) is 0 Å². The van der Waals surface area contributed by atoms with Gasteiger partial charge in [-0.3, -0.25) is 14.0 Å². The molecule has 0 radical (unpaired) electrons. The summed E-state index contributed by atoms with van der Waals surface area (Å²) >= 11 is 0. The largest absolute Gasteiger partial charge is 0.368 e. The third kappa shape index (κ3) is 3.40. The number of amides is 1. The zero-order chi connectivity index (χ0) is 24.4. The number of aromatic nitrogens is 4. The van der Waals surface area contributed by atoms with E-state index in [1.54, 1.807) is 10.6 Å². The number of alkyl halides is 1. The normalized spacial score (nSPS) is 27.4. The maximum Gasteiger partial charge on any atom is 0.272 e. The molecule has 9 heteroatoms. The number of hydrogen-bond acceptors (Lipinski definition) is 5. The number of imidazole rings is 1. The highest BCUT2D eigenvalue weighted by Crippen LogP contribution is 2.62. The van der Waals surface area contributed by atoms with Crippen LogP contribution in [0.15, 0.2) is 53.6 Å². The second-order valence-electron chi connectivity index (χ2n) is 10.8. The van der Waals surface area contributed by atoms with Crippen molar-refractivity contribution in [2.45, 2.75) is 50.2 Å². The third-order valence-electron chi connectivity index (χ3n) is 8.39. The zero-order valence-electron chi connectivity index (χ0n) is 19.8. The van der Waals surface area contributed by atoms with Gasteiger partial charge in [0.05, 0.1) is 17.3 Å². The van der Waals surface area contributed by atoms with Gasteiger partial charge in [0.2, 0.25) is 0 Å². The molecule has 2 N–H and O–H groups in total.